The molecule has 2 aromatic carbocycles. The Labute approximate surface area is 179 Å². The van der Waals surface area contributed by atoms with Gasteiger partial charge in [0.25, 0.3) is 5.91 Å². The average Bonchev–Trinajstić information content (AvgIpc) is 3.48. The second-order valence-corrected chi connectivity index (χ2v) is 7.86. The van der Waals surface area contributed by atoms with Crippen LogP contribution in [0.5, 0.6) is 17.2 Å². The molecule has 1 fully saturated rings. The van der Waals surface area contributed by atoms with Crippen LogP contribution in [-0.4, -0.2) is 24.1 Å². The molecule has 1 amide bonds. The molecule has 0 atom stereocenters. The van der Waals surface area contributed by atoms with E-state index in [0.29, 0.717) is 35.5 Å². The number of nitrogens with one attached hydrogen (secondary N) is 1. The zero-order valence-electron chi connectivity index (χ0n) is 16.8. The molecular weight excluding hydrogens is 400 g/mol. The molecule has 1 N–H and O–H groups in total. The molecule has 1 aliphatic rings. The number of aromatic nitrogens is 1. The summed E-state index contributed by atoms with van der Waals surface area (Å²) in [6.45, 7) is 0.348. The van der Waals surface area contributed by atoms with Gasteiger partial charge < -0.3 is 19.5 Å². The number of ether oxygens (including phenoxy) is 3. The first-order valence-electron chi connectivity index (χ1n) is 9.97. The van der Waals surface area contributed by atoms with Crippen molar-refractivity contribution in [1.82, 2.24) is 4.98 Å². The van der Waals surface area contributed by atoms with E-state index in [0.717, 1.165) is 24.3 Å². The van der Waals surface area contributed by atoms with E-state index in [2.05, 4.69) is 10.3 Å². The Morgan fingerprint density at radius 3 is 2.63 bits per heavy atom. The van der Waals surface area contributed by atoms with Crippen LogP contribution in [-0.2, 0) is 6.61 Å². The molecule has 1 aliphatic carbocycles. The van der Waals surface area contributed by atoms with Gasteiger partial charge in [-0.2, -0.15) is 0 Å². The minimum absolute atomic E-state index is 0.219. The second-order valence-electron chi connectivity index (χ2n) is 7.14. The Morgan fingerprint density at radius 2 is 1.93 bits per heavy atom. The molecule has 7 heteroatoms. The number of carbonyl (C=O) groups excluding carboxylic acids is 1. The Hall–Kier alpha value is -3.06. The fraction of sp³-hybridized carbons (Fsp3) is 0.304. The largest absolute Gasteiger partial charge is 0.493 e. The van der Waals surface area contributed by atoms with E-state index >= 15 is 0 Å². The number of benzene rings is 2. The van der Waals surface area contributed by atoms with Crippen molar-refractivity contribution in [1.29, 1.82) is 0 Å². The summed E-state index contributed by atoms with van der Waals surface area (Å²) in [5, 5.41) is 4.83. The van der Waals surface area contributed by atoms with Gasteiger partial charge in [-0.05, 0) is 68.1 Å². The van der Waals surface area contributed by atoms with Gasteiger partial charge in [0.15, 0.2) is 11.5 Å². The van der Waals surface area contributed by atoms with Crippen LogP contribution in [0.25, 0.3) is 0 Å². The van der Waals surface area contributed by atoms with E-state index in [1.807, 2.05) is 29.6 Å². The van der Waals surface area contributed by atoms with E-state index in [4.69, 9.17) is 14.2 Å². The molecular formula is C23H24N2O4S. The smallest absolute Gasteiger partial charge is 0.255 e. The lowest BCUT2D eigenvalue weighted by Crippen LogP contribution is -2.13. The van der Waals surface area contributed by atoms with Gasteiger partial charge in [0.1, 0.15) is 12.4 Å². The average molecular weight is 425 g/mol. The van der Waals surface area contributed by atoms with Gasteiger partial charge in [0, 0.05) is 16.6 Å². The summed E-state index contributed by atoms with van der Waals surface area (Å²) in [5.74, 6) is 1.68. The van der Waals surface area contributed by atoms with Gasteiger partial charge in [0.05, 0.1) is 24.4 Å². The van der Waals surface area contributed by atoms with E-state index in [-0.39, 0.29) is 5.91 Å². The lowest BCUT2D eigenvalue weighted by atomic mass is 10.1. The van der Waals surface area contributed by atoms with Gasteiger partial charge in [0.2, 0.25) is 0 Å². The summed E-state index contributed by atoms with van der Waals surface area (Å²) in [4.78, 5) is 16.8. The summed E-state index contributed by atoms with van der Waals surface area (Å²) in [5.41, 5.74) is 3.81. The predicted molar refractivity (Wildman–Crippen MR) is 117 cm³/mol. The first kappa shape index (κ1) is 20.2. The first-order valence-corrected chi connectivity index (χ1v) is 10.9. The van der Waals surface area contributed by atoms with Crippen molar-refractivity contribution in [2.45, 2.75) is 38.4 Å². The van der Waals surface area contributed by atoms with E-state index < -0.39 is 0 Å². The summed E-state index contributed by atoms with van der Waals surface area (Å²) in [6, 6.07) is 12.6. The summed E-state index contributed by atoms with van der Waals surface area (Å²) in [6.07, 6.45) is 5.01. The van der Waals surface area contributed by atoms with Crippen LogP contribution in [0.3, 0.4) is 0 Å². The van der Waals surface area contributed by atoms with Crippen LogP contribution < -0.4 is 19.5 Å². The number of hydrogen-bond acceptors (Lipinski definition) is 6. The third kappa shape index (κ3) is 5.10. The van der Waals surface area contributed by atoms with E-state index in [1.165, 1.54) is 24.2 Å². The molecule has 4 rings (SSSR count). The minimum atomic E-state index is -0.219. The number of carbonyl (C=O) groups is 1. The summed E-state index contributed by atoms with van der Waals surface area (Å²) < 4.78 is 17.1. The molecule has 1 heterocycles. The van der Waals surface area contributed by atoms with Gasteiger partial charge in [-0.1, -0.05) is 0 Å². The molecule has 0 bridgehead atoms. The van der Waals surface area contributed by atoms with Gasteiger partial charge in [-0.3, -0.25) is 4.79 Å². The minimum Gasteiger partial charge on any atom is -0.493 e. The van der Waals surface area contributed by atoms with Crippen LogP contribution >= 0.6 is 11.3 Å². The third-order valence-electron chi connectivity index (χ3n) is 5.00. The lowest BCUT2D eigenvalue weighted by Gasteiger charge is -2.14. The van der Waals surface area contributed by atoms with Gasteiger partial charge in [-0.15, -0.1) is 11.3 Å². The van der Waals surface area contributed by atoms with Gasteiger partial charge in [-0.25, -0.2) is 4.98 Å². The van der Waals surface area contributed by atoms with Crippen LogP contribution in [0.2, 0.25) is 0 Å². The normalized spacial score (nSPS) is 13.8. The monoisotopic (exact) mass is 424 g/mol. The quantitative estimate of drug-likeness (QED) is 0.531. The maximum atomic E-state index is 12.7. The zero-order valence-corrected chi connectivity index (χ0v) is 17.6. The number of anilines is 1. The van der Waals surface area contributed by atoms with Crippen molar-refractivity contribution in [2.24, 2.45) is 0 Å². The van der Waals surface area contributed by atoms with Crippen molar-refractivity contribution in [3.8, 4) is 17.2 Å². The highest BCUT2D eigenvalue weighted by molar-refractivity contribution is 7.07. The van der Waals surface area contributed by atoms with Crippen molar-refractivity contribution >= 4 is 22.9 Å². The first-order chi connectivity index (χ1) is 14.7. The Morgan fingerprint density at radius 1 is 1.13 bits per heavy atom. The van der Waals surface area contributed by atoms with E-state index in [9.17, 15) is 4.79 Å². The number of thiazole rings is 1. The molecule has 156 valence electrons. The van der Waals surface area contributed by atoms with Crippen molar-refractivity contribution in [3.05, 3.63) is 64.6 Å². The number of rotatable bonds is 8. The molecule has 30 heavy (non-hydrogen) atoms. The fourth-order valence-electron chi connectivity index (χ4n) is 3.41. The number of amides is 1. The Bertz CT molecular complexity index is 967. The number of methoxy groups -OCH3 is 1. The summed E-state index contributed by atoms with van der Waals surface area (Å²) >= 11 is 1.52. The highest BCUT2D eigenvalue weighted by atomic mass is 32.1. The molecule has 1 saturated carbocycles. The van der Waals surface area contributed by atoms with E-state index in [1.54, 1.807) is 30.8 Å². The fourth-order valence-corrected chi connectivity index (χ4v) is 3.95. The Balaban J connectivity index is 1.37. The van der Waals surface area contributed by atoms with Crippen LogP contribution in [0.4, 0.5) is 5.69 Å². The number of nitrogens with zero attached hydrogens (tertiary/aromatic N) is 1. The summed E-state index contributed by atoms with van der Waals surface area (Å²) in [7, 11) is 1.55. The van der Waals surface area contributed by atoms with Crippen LogP contribution in [0, 0.1) is 0 Å². The Kier molecular flexibility index (Phi) is 6.49. The van der Waals surface area contributed by atoms with Crippen LogP contribution in [0.15, 0.2) is 53.4 Å². The topological polar surface area (TPSA) is 69.7 Å². The predicted octanol–water partition coefficient (Wildman–Crippen LogP) is 5.30. The molecule has 0 aliphatic heterocycles. The molecule has 0 spiro atoms. The maximum absolute atomic E-state index is 12.7. The van der Waals surface area contributed by atoms with Crippen molar-refractivity contribution in [3.63, 3.8) is 0 Å². The molecule has 3 aromatic rings. The van der Waals surface area contributed by atoms with Crippen LogP contribution in [0.1, 0.15) is 41.7 Å². The molecule has 0 radical (unpaired) electrons. The molecule has 1 aromatic heterocycles. The standard InChI is InChI=1S/C23H24N2O4S/c1-27-22-12-16(6-11-21(22)28-13-18-14-30-15-24-18)23(26)25-17-7-9-20(10-8-17)29-19-4-2-3-5-19/h6-12,14-15,19H,2-5,13H2,1H3,(H,25,26). The highest BCUT2D eigenvalue weighted by Crippen LogP contribution is 2.29. The van der Waals surface area contributed by atoms with Crippen molar-refractivity contribution < 1.29 is 19.0 Å². The molecule has 0 unspecified atom stereocenters. The second kappa shape index (κ2) is 9.63. The maximum Gasteiger partial charge on any atom is 0.255 e. The van der Waals surface area contributed by atoms with Crippen molar-refractivity contribution in [2.75, 3.05) is 12.4 Å². The highest BCUT2D eigenvalue weighted by Gasteiger charge is 2.16. The molecule has 6 nitrogen and oxygen atoms in total. The number of hydrogen-bond donors (Lipinski definition) is 1. The van der Waals surface area contributed by atoms with Gasteiger partial charge >= 0.3 is 0 Å². The zero-order chi connectivity index (χ0) is 20.8. The third-order valence-corrected chi connectivity index (χ3v) is 5.64. The SMILES string of the molecule is COc1cc(C(=O)Nc2ccc(OC3CCCC3)cc2)ccc1OCc1cscn1. The molecule has 0 saturated heterocycles. The lowest BCUT2D eigenvalue weighted by molar-refractivity contribution is 0.102.